The molecule has 0 spiro atoms. The normalized spacial score (nSPS) is 12.1. The molecule has 5 heteroatoms. The van der Waals surface area contributed by atoms with Crippen LogP contribution in [0.3, 0.4) is 0 Å². The van der Waals surface area contributed by atoms with E-state index in [1.54, 1.807) is 18.3 Å². The van der Waals surface area contributed by atoms with Crippen LogP contribution in [0.15, 0.2) is 59.7 Å². The van der Waals surface area contributed by atoms with E-state index in [0.717, 1.165) is 11.1 Å². The predicted octanol–water partition coefficient (Wildman–Crippen LogP) is 3.38. The summed E-state index contributed by atoms with van der Waals surface area (Å²) in [5.41, 5.74) is 4.68. The Morgan fingerprint density at radius 1 is 1.14 bits per heavy atom. The summed E-state index contributed by atoms with van der Waals surface area (Å²) in [6.07, 6.45) is 1.58. The topological polar surface area (TPSA) is 36.4 Å². The zero-order valence-electron chi connectivity index (χ0n) is 11.6. The minimum atomic E-state index is -0.269. The molecular formula is C16H16FN3S. The van der Waals surface area contributed by atoms with Gasteiger partial charge in [-0.1, -0.05) is 42.5 Å². The smallest absolute Gasteiger partial charge is 0.187 e. The van der Waals surface area contributed by atoms with Crippen molar-refractivity contribution in [3.05, 3.63) is 71.5 Å². The van der Waals surface area contributed by atoms with Gasteiger partial charge in [0.05, 0.1) is 12.3 Å². The molecule has 2 N–H and O–H groups in total. The molecule has 0 radical (unpaired) electrons. The molecule has 108 valence electrons. The van der Waals surface area contributed by atoms with Crippen molar-refractivity contribution >= 4 is 23.5 Å². The average Bonchev–Trinajstić information content (AvgIpc) is 2.50. The van der Waals surface area contributed by atoms with Crippen LogP contribution in [0.25, 0.3) is 0 Å². The maximum Gasteiger partial charge on any atom is 0.187 e. The highest BCUT2D eigenvalue weighted by atomic mass is 32.1. The average molecular weight is 301 g/mol. The first-order valence-corrected chi connectivity index (χ1v) is 6.96. The van der Waals surface area contributed by atoms with Crippen molar-refractivity contribution < 1.29 is 4.39 Å². The van der Waals surface area contributed by atoms with Crippen molar-refractivity contribution in [2.45, 2.75) is 13.0 Å². The van der Waals surface area contributed by atoms with Crippen LogP contribution < -0.4 is 10.7 Å². The molecule has 0 saturated heterocycles. The van der Waals surface area contributed by atoms with Crippen LogP contribution >= 0.6 is 12.2 Å². The standard InChI is InChI=1S/C16H16FN3S/c1-12(14-5-3-2-4-6-14)19-16(21)20-18-11-13-7-9-15(17)10-8-13/h2-12H,1H3,(H2,19,20,21)/b18-11+/t12-/m0/s1. The van der Waals surface area contributed by atoms with Crippen LogP contribution in [-0.2, 0) is 0 Å². The van der Waals surface area contributed by atoms with Gasteiger partial charge in [-0.05, 0) is 42.4 Å². The lowest BCUT2D eigenvalue weighted by Gasteiger charge is -2.15. The molecule has 0 aromatic heterocycles. The maximum absolute atomic E-state index is 12.8. The largest absolute Gasteiger partial charge is 0.355 e. The van der Waals surface area contributed by atoms with Gasteiger partial charge in [-0.3, -0.25) is 5.43 Å². The monoisotopic (exact) mass is 301 g/mol. The Kier molecular flexibility index (Phi) is 5.40. The van der Waals surface area contributed by atoms with Crippen molar-refractivity contribution in [1.82, 2.24) is 10.7 Å². The highest BCUT2D eigenvalue weighted by Gasteiger charge is 2.05. The number of rotatable bonds is 4. The van der Waals surface area contributed by atoms with Gasteiger partial charge >= 0.3 is 0 Å². The molecule has 0 fully saturated rings. The maximum atomic E-state index is 12.8. The van der Waals surface area contributed by atoms with Gasteiger partial charge in [-0.15, -0.1) is 0 Å². The fraction of sp³-hybridized carbons (Fsp3) is 0.125. The first kappa shape index (κ1) is 15.1. The quantitative estimate of drug-likeness (QED) is 0.516. The van der Waals surface area contributed by atoms with Crippen molar-refractivity contribution in [2.75, 3.05) is 0 Å². The molecule has 0 amide bonds. The third-order valence-corrected chi connectivity index (χ3v) is 3.11. The van der Waals surface area contributed by atoms with Gasteiger partial charge in [-0.25, -0.2) is 4.39 Å². The van der Waals surface area contributed by atoms with Crippen LogP contribution in [0, 0.1) is 5.82 Å². The van der Waals surface area contributed by atoms with Crippen molar-refractivity contribution in [2.24, 2.45) is 5.10 Å². The van der Waals surface area contributed by atoms with E-state index in [0.29, 0.717) is 5.11 Å². The Morgan fingerprint density at radius 2 is 1.81 bits per heavy atom. The molecule has 2 aromatic carbocycles. The number of nitrogens with zero attached hydrogens (tertiary/aromatic N) is 1. The van der Waals surface area contributed by atoms with E-state index in [1.807, 2.05) is 37.3 Å². The minimum Gasteiger partial charge on any atom is -0.355 e. The second-order valence-electron chi connectivity index (χ2n) is 4.53. The van der Waals surface area contributed by atoms with Gasteiger partial charge in [0, 0.05) is 0 Å². The molecule has 0 heterocycles. The molecule has 2 aromatic rings. The number of benzene rings is 2. The first-order valence-electron chi connectivity index (χ1n) is 6.55. The zero-order valence-corrected chi connectivity index (χ0v) is 12.4. The van der Waals surface area contributed by atoms with Crippen LogP contribution in [0.1, 0.15) is 24.1 Å². The SMILES string of the molecule is C[C@H](NC(=S)N/N=C/c1ccc(F)cc1)c1ccccc1. The van der Waals surface area contributed by atoms with Crippen LogP contribution in [-0.4, -0.2) is 11.3 Å². The number of hydrogen-bond acceptors (Lipinski definition) is 2. The number of halogens is 1. The molecular weight excluding hydrogens is 285 g/mol. The van der Waals surface area contributed by atoms with Gasteiger partial charge < -0.3 is 5.32 Å². The lowest BCUT2D eigenvalue weighted by atomic mass is 10.1. The van der Waals surface area contributed by atoms with Gasteiger partial charge in [-0.2, -0.15) is 5.10 Å². The first-order chi connectivity index (χ1) is 10.1. The Labute approximate surface area is 128 Å². The van der Waals surface area contributed by atoms with Crippen LogP contribution in [0.2, 0.25) is 0 Å². The molecule has 0 saturated carbocycles. The Balaban J connectivity index is 1.83. The van der Waals surface area contributed by atoms with E-state index < -0.39 is 0 Å². The molecule has 0 aliphatic heterocycles. The van der Waals surface area contributed by atoms with Crippen LogP contribution in [0.5, 0.6) is 0 Å². The molecule has 0 aliphatic carbocycles. The Bertz CT molecular complexity index is 611. The highest BCUT2D eigenvalue weighted by molar-refractivity contribution is 7.80. The molecule has 2 rings (SSSR count). The van der Waals surface area contributed by atoms with E-state index in [9.17, 15) is 4.39 Å². The summed E-state index contributed by atoms with van der Waals surface area (Å²) in [5.74, 6) is -0.269. The zero-order chi connectivity index (χ0) is 15.1. The minimum absolute atomic E-state index is 0.0900. The Hall–Kier alpha value is -2.27. The summed E-state index contributed by atoms with van der Waals surface area (Å²) in [4.78, 5) is 0. The second-order valence-corrected chi connectivity index (χ2v) is 4.94. The third-order valence-electron chi connectivity index (χ3n) is 2.90. The highest BCUT2D eigenvalue weighted by Crippen LogP contribution is 2.10. The summed E-state index contributed by atoms with van der Waals surface area (Å²) in [6, 6.07) is 16.1. The summed E-state index contributed by atoms with van der Waals surface area (Å²) >= 11 is 5.17. The molecule has 0 aliphatic rings. The van der Waals surface area contributed by atoms with Crippen molar-refractivity contribution in [3.63, 3.8) is 0 Å². The molecule has 3 nitrogen and oxygen atoms in total. The molecule has 21 heavy (non-hydrogen) atoms. The summed E-state index contributed by atoms with van der Waals surface area (Å²) in [5, 5.41) is 7.59. The summed E-state index contributed by atoms with van der Waals surface area (Å²) in [7, 11) is 0. The Morgan fingerprint density at radius 3 is 2.48 bits per heavy atom. The number of thiocarbonyl (C=S) groups is 1. The van der Waals surface area contributed by atoms with E-state index in [-0.39, 0.29) is 11.9 Å². The van der Waals surface area contributed by atoms with Crippen LogP contribution in [0.4, 0.5) is 4.39 Å². The lowest BCUT2D eigenvalue weighted by molar-refractivity contribution is 0.628. The van der Waals surface area contributed by atoms with Gasteiger partial charge in [0.2, 0.25) is 0 Å². The number of hydrazone groups is 1. The predicted molar refractivity (Wildman–Crippen MR) is 87.7 cm³/mol. The van der Waals surface area contributed by atoms with E-state index in [2.05, 4.69) is 15.8 Å². The van der Waals surface area contributed by atoms with Crippen molar-refractivity contribution in [1.29, 1.82) is 0 Å². The molecule has 0 unspecified atom stereocenters. The number of hydrogen-bond donors (Lipinski definition) is 2. The van der Waals surface area contributed by atoms with Gasteiger partial charge in [0.1, 0.15) is 5.82 Å². The fourth-order valence-electron chi connectivity index (χ4n) is 1.77. The van der Waals surface area contributed by atoms with E-state index >= 15 is 0 Å². The van der Waals surface area contributed by atoms with Gasteiger partial charge in [0.25, 0.3) is 0 Å². The van der Waals surface area contributed by atoms with Crippen molar-refractivity contribution in [3.8, 4) is 0 Å². The lowest BCUT2D eigenvalue weighted by Crippen LogP contribution is -2.34. The molecule has 0 bridgehead atoms. The summed E-state index contributed by atoms with van der Waals surface area (Å²) < 4.78 is 12.8. The fourth-order valence-corrected chi connectivity index (χ4v) is 2.00. The third kappa shape index (κ3) is 4.96. The molecule has 1 atom stereocenters. The van der Waals surface area contributed by atoms with E-state index in [1.165, 1.54) is 12.1 Å². The van der Waals surface area contributed by atoms with E-state index in [4.69, 9.17) is 12.2 Å². The summed E-state index contributed by atoms with van der Waals surface area (Å²) in [6.45, 7) is 2.02. The second kappa shape index (κ2) is 7.50. The van der Waals surface area contributed by atoms with Gasteiger partial charge in [0.15, 0.2) is 5.11 Å². The number of nitrogens with one attached hydrogen (secondary N) is 2.